The summed E-state index contributed by atoms with van der Waals surface area (Å²) in [6.07, 6.45) is 1.94. The number of halogens is 1. The van der Waals surface area contributed by atoms with Crippen molar-refractivity contribution >= 4 is 23.2 Å². The van der Waals surface area contributed by atoms with E-state index in [-0.39, 0.29) is 23.7 Å². The molecule has 4 nitrogen and oxygen atoms in total. The van der Waals surface area contributed by atoms with Crippen molar-refractivity contribution < 1.29 is 14.0 Å². The highest BCUT2D eigenvalue weighted by atomic mass is 32.1. The summed E-state index contributed by atoms with van der Waals surface area (Å²) in [6.45, 7) is 0.835. The van der Waals surface area contributed by atoms with Crippen molar-refractivity contribution in [2.24, 2.45) is 0 Å². The van der Waals surface area contributed by atoms with Crippen molar-refractivity contribution in [3.63, 3.8) is 0 Å². The Labute approximate surface area is 149 Å². The first-order valence-corrected chi connectivity index (χ1v) is 9.38. The van der Waals surface area contributed by atoms with E-state index in [0.717, 1.165) is 17.5 Å². The maximum atomic E-state index is 13.4. The van der Waals surface area contributed by atoms with Crippen LogP contribution in [-0.4, -0.2) is 29.3 Å². The van der Waals surface area contributed by atoms with E-state index in [1.807, 2.05) is 21.7 Å². The Hall–Kier alpha value is -2.21. The van der Waals surface area contributed by atoms with Crippen molar-refractivity contribution in [2.75, 3.05) is 6.54 Å². The van der Waals surface area contributed by atoms with E-state index in [4.69, 9.17) is 0 Å². The molecule has 0 radical (unpaired) electrons. The molecular formula is C19H19FN2O2S. The Morgan fingerprint density at radius 3 is 2.80 bits per heavy atom. The topological polar surface area (TPSA) is 49.4 Å². The quantitative estimate of drug-likeness (QED) is 0.914. The van der Waals surface area contributed by atoms with Crippen LogP contribution in [0.4, 0.5) is 4.39 Å². The lowest BCUT2D eigenvalue weighted by molar-refractivity contribution is -0.129. The smallest absolute Gasteiger partial charge is 0.232 e. The number of carbonyl (C=O) groups is 2. The summed E-state index contributed by atoms with van der Waals surface area (Å²) in [4.78, 5) is 27.1. The van der Waals surface area contributed by atoms with E-state index >= 15 is 0 Å². The maximum Gasteiger partial charge on any atom is 0.232 e. The fourth-order valence-corrected chi connectivity index (χ4v) is 4.67. The predicted molar refractivity (Wildman–Crippen MR) is 93.6 cm³/mol. The van der Waals surface area contributed by atoms with Crippen LogP contribution in [-0.2, 0) is 21.5 Å². The van der Waals surface area contributed by atoms with Crippen LogP contribution < -0.4 is 5.32 Å². The Morgan fingerprint density at radius 2 is 2.12 bits per heavy atom. The third-order valence-corrected chi connectivity index (χ3v) is 6.07. The molecule has 2 atom stereocenters. The first-order valence-electron chi connectivity index (χ1n) is 8.43. The molecule has 1 aromatic carbocycles. The molecule has 2 amide bonds. The average Bonchev–Trinajstić information content (AvgIpc) is 3.32. The highest BCUT2D eigenvalue weighted by Gasteiger charge is 2.53. The summed E-state index contributed by atoms with van der Waals surface area (Å²) in [5.74, 6) is -0.306. The summed E-state index contributed by atoms with van der Waals surface area (Å²) in [7, 11) is 0. The third kappa shape index (κ3) is 2.84. The van der Waals surface area contributed by atoms with Gasteiger partial charge in [-0.1, -0.05) is 12.1 Å². The molecule has 0 spiro atoms. The summed E-state index contributed by atoms with van der Waals surface area (Å²) in [5.41, 5.74) is 1.03. The number of fused-ring (bicyclic) bond motifs is 1. The van der Waals surface area contributed by atoms with Crippen molar-refractivity contribution in [3.05, 3.63) is 58.0 Å². The molecule has 2 aliphatic heterocycles. The number of nitrogens with one attached hydrogen (secondary N) is 1. The van der Waals surface area contributed by atoms with Crippen LogP contribution in [0.5, 0.6) is 0 Å². The fraction of sp³-hybridized carbons (Fsp3) is 0.368. The second-order valence-corrected chi connectivity index (χ2v) is 7.60. The summed E-state index contributed by atoms with van der Waals surface area (Å²) < 4.78 is 13.4. The Balaban J connectivity index is 1.63. The average molecular weight is 358 g/mol. The maximum absolute atomic E-state index is 13.4. The minimum absolute atomic E-state index is 0.0903. The lowest BCUT2D eigenvalue weighted by atomic mass is 9.77. The standard InChI is InChI=1S/C19H19FN2O2S/c20-15-3-1-14(2-4-15)19(9-16-5-6-17(23)22(16)12-19)18(24)21-10-13-7-8-25-11-13/h1-4,7-8,11,16H,5-6,9-10,12H2,(H,21,24)/t16-,19-/m0/s1. The zero-order valence-electron chi connectivity index (χ0n) is 13.7. The summed E-state index contributed by atoms with van der Waals surface area (Å²) in [5, 5.41) is 7.00. The van der Waals surface area contributed by atoms with Gasteiger partial charge in [0.2, 0.25) is 11.8 Å². The Bertz CT molecular complexity index is 790. The van der Waals surface area contributed by atoms with Gasteiger partial charge in [0.05, 0.1) is 5.41 Å². The largest absolute Gasteiger partial charge is 0.351 e. The van der Waals surface area contributed by atoms with Gasteiger partial charge in [-0.3, -0.25) is 9.59 Å². The van der Waals surface area contributed by atoms with Gasteiger partial charge in [-0.05, 0) is 52.9 Å². The van der Waals surface area contributed by atoms with Crippen LogP contribution in [0.2, 0.25) is 0 Å². The molecule has 1 aromatic heterocycles. The van der Waals surface area contributed by atoms with Gasteiger partial charge in [0.25, 0.3) is 0 Å². The summed E-state index contributed by atoms with van der Waals surface area (Å²) >= 11 is 1.59. The lowest BCUT2D eigenvalue weighted by Crippen LogP contribution is -2.46. The van der Waals surface area contributed by atoms with Crippen LogP contribution >= 0.6 is 11.3 Å². The zero-order valence-corrected chi connectivity index (χ0v) is 14.5. The minimum atomic E-state index is -0.801. The van der Waals surface area contributed by atoms with Crippen molar-refractivity contribution in [1.82, 2.24) is 10.2 Å². The molecule has 1 N–H and O–H groups in total. The molecule has 0 unspecified atom stereocenters. The number of benzene rings is 1. The molecule has 2 saturated heterocycles. The van der Waals surface area contributed by atoms with Crippen molar-refractivity contribution in [2.45, 2.75) is 37.3 Å². The van der Waals surface area contributed by atoms with Crippen LogP contribution in [0.3, 0.4) is 0 Å². The van der Waals surface area contributed by atoms with Crippen LogP contribution in [0.1, 0.15) is 30.4 Å². The van der Waals surface area contributed by atoms with Crippen LogP contribution in [0.25, 0.3) is 0 Å². The van der Waals surface area contributed by atoms with Gasteiger partial charge < -0.3 is 10.2 Å². The SMILES string of the molecule is O=C1CC[C@H]2C[C@@](C(=O)NCc3ccsc3)(c3ccc(F)cc3)CN12. The van der Waals surface area contributed by atoms with E-state index in [0.29, 0.717) is 25.9 Å². The predicted octanol–water partition coefficient (Wildman–Crippen LogP) is 2.84. The number of nitrogens with zero attached hydrogens (tertiary/aromatic N) is 1. The van der Waals surface area contributed by atoms with Crippen molar-refractivity contribution in [1.29, 1.82) is 0 Å². The molecule has 130 valence electrons. The third-order valence-electron chi connectivity index (χ3n) is 5.34. The van der Waals surface area contributed by atoms with Gasteiger partial charge in [-0.2, -0.15) is 11.3 Å². The molecule has 2 aliphatic rings. The van der Waals surface area contributed by atoms with Gasteiger partial charge in [-0.15, -0.1) is 0 Å². The molecule has 3 heterocycles. The van der Waals surface area contributed by atoms with Gasteiger partial charge in [0, 0.05) is 25.6 Å². The second-order valence-electron chi connectivity index (χ2n) is 6.82. The number of amides is 2. The molecular weight excluding hydrogens is 339 g/mol. The summed E-state index contributed by atoms with van der Waals surface area (Å²) in [6, 6.07) is 8.19. The first-order chi connectivity index (χ1) is 12.1. The molecule has 6 heteroatoms. The van der Waals surface area contributed by atoms with E-state index in [1.54, 1.807) is 23.5 Å². The highest BCUT2D eigenvalue weighted by molar-refractivity contribution is 7.07. The van der Waals surface area contributed by atoms with Crippen LogP contribution in [0, 0.1) is 5.82 Å². The number of carbonyl (C=O) groups excluding carboxylic acids is 2. The van der Waals surface area contributed by atoms with E-state index in [9.17, 15) is 14.0 Å². The number of hydrogen-bond acceptors (Lipinski definition) is 3. The van der Waals surface area contributed by atoms with Crippen molar-refractivity contribution in [3.8, 4) is 0 Å². The van der Waals surface area contributed by atoms with E-state index in [2.05, 4.69) is 5.32 Å². The van der Waals surface area contributed by atoms with E-state index in [1.165, 1.54) is 12.1 Å². The minimum Gasteiger partial charge on any atom is -0.351 e. The number of thiophene rings is 1. The van der Waals surface area contributed by atoms with Gasteiger partial charge >= 0.3 is 0 Å². The molecule has 0 bridgehead atoms. The second kappa shape index (κ2) is 6.26. The lowest BCUT2D eigenvalue weighted by Gasteiger charge is -2.29. The van der Waals surface area contributed by atoms with Gasteiger partial charge in [0.15, 0.2) is 0 Å². The molecule has 25 heavy (non-hydrogen) atoms. The van der Waals surface area contributed by atoms with Gasteiger partial charge in [-0.25, -0.2) is 4.39 Å². The van der Waals surface area contributed by atoms with E-state index < -0.39 is 5.41 Å². The fourth-order valence-electron chi connectivity index (χ4n) is 4.00. The Morgan fingerprint density at radius 1 is 1.32 bits per heavy atom. The monoisotopic (exact) mass is 358 g/mol. The Kier molecular flexibility index (Phi) is 4.07. The van der Waals surface area contributed by atoms with Gasteiger partial charge in [0.1, 0.15) is 5.82 Å². The molecule has 2 aromatic rings. The molecule has 0 aliphatic carbocycles. The molecule has 4 rings (SSSR count). The first kappa shape index (κ1) is 16.3. The number of hydrogen-bond donors (Lipinski definition) is 1. The van der Waals surface area contributed by atoms with Crippen LogP contribution in [0.15, 0.2) is 41.1 Å². The molecule has 0 saturated carbocycles. The number of rotatable bonds is 4. The normalized spacial score (nSPS) is 25.2. The zero-order chi connectivity index (χ0) is 17.4. The highest BCUT2D eigenvalue weighted by Crippen LogP contribution is 2.43. The molecule has 2 fully saturated rings.